The van der Waals surface area contributed by atoms with Crippen LogP contribution in [0.5, 0.6) is 0 Å². The number of thiazole rings is 1. The van der Waals surface area contributed by atoms with Crippen molar-refractivity contribution in [2.24, 2.45) is 0 Å². The minimum atomic E-state index is 0.652. The molecule has 0 bridgehead atoms. The number of fused-ring (bicyclic) bond motifs is 1. The lowest BCUT2D eigenvalue weighted by Gasteiger charge is -2.03. The molecule has 0 saturated carbocycles. The zero-order valence-corrected chi connectivity index (χ0v) is 11.5. The summed E-state index contributed by atoms with van der Waals surface area (Å²) in [6.45, 7) is 4.79. The van der Waals surface area contributed by atoms with Crippen molar-refractivity contribution in [3.05, 3.63) is 40.1 Å². The van der Waals surface area contributed by atoms with E-state index in [9.17, 15) is 0 Å². The molecule has 1 N–H and O–H groups in total. The van der Waals surface area contributed by atoms with E-state index in [-0.39, 0.29) is 0 Å². The molecule has 0 aromatic carbocycles. The van der Waals surface area contributed by atoms with Crippen molar-refractivity contribution in [2.45, 2.75) is 20.4 Å². The van der Waals surface area contributed by atoms with Gasteiger partial charge in [0.15, 0.2) is 5.65 Å². The molecule has 0 spiro atoms. The van der Waals surface area contributed by atoms with Crippen molar-refractivity contribution in [2.75, 3.05) is 5.32 Å². The van der Waals surface area contributed by atoms with E-state index in [1.807, 2.05) is 19.1 Å². The molecular weight excluding hydrogens is 258 g/mol. The van der Waals surface area contributed by atoms with Crippen LogP contribution < -0.4 is 5.32 Å². The molecule has 0 aliphatic rings. The number of aromatic nitrogens is 4. The fourth-order valence-corrected chi connectivity index (χ4v) is 2.61. The smallest absolute Gasteiger partial charge is 0.180 e. The first kappa shape index (κ1) is 12.0. The third-order valence-electron chi connectivity index (χ3n) is 2.83. The number of nitrogens with zero attached hydrogens (tertiary/aromatic N) is 4. The van der Waals surface area contributed by atoms with E-state index in [2.05, 4.69) is 32.2 Å². The van der Waals surface area contributed by atoms with Crippen LogP contribution in [0.25, 0.3) is 11.2 Å². The molecule has 3 rings (SSSR count). The summed E-state index contributed by atoms with van der Waals surface area (Å²) in [7, 11) is 0. The summed E-state index contributed by atoms with van der Waals surface area (Å²) in [5.74, 6) is 0.790. The Labute approximate surface area is 114 Å². The SMILES string of the molecule is Cc1nc(CNc2ccc3nccnc3n2)sc1C. The standard InChI is InChI=1S/C13H13N5S/c1-8-9(2)19-12(17-8)7-16-11-4-3-10-13(18-11)15-6-5-14-10/h3-6H,7H2,1-2H3,(H,15,16,18). The van der Waals surface area contributed by atoms with E-state index in [4.69, 9.17) is 0 Å². The fourth-order valence-electron chi connectivity index (χ4n) is 1.73. The first-order valence-electron chi connectivity index (χ1n) is 5.97. The summed E-state index contributed by atoms with van der Waals surface area (Å²) in [6, 6.07) is 3.82. The molecule has 0 atom stereocenters. The van der Waals surface area contributed by atoms with Gasteiger partial charge in [0.05, 0.1) is 12.2 Å². The molecule has 0 aliphatic carbocycles. The number of nitrogens with one attached hydrogen (secondary N) is 1. The highest BCUT2D eigenvalue weighted by atomic mass is 32.1. The predicted molar refractivity (Wildman–Crippen MR) is 76.2 cm³/mol. The minimum absolute atomic E-state index is 0.652. The van der Waals surface area contributed by atoms with Gasteiger partial charge in [0.2, 0.25) is 0 Å². The van der Waals surface area contributed by atoms with E-state index >= 15 is 0 Å². The average Bonchev–Trinajstić information content (AvgIpc) is 2.75. The van der Waals surface area contributed by atoms with Gasteiger partial charge in [-0.05, 0) is 26.0 Å². The quantitative estimate of drug-likeness (QED) is 0.793. The number of hydrogen-bond acceptors (Lipinski definition) is 6. The van der Waals surface area contributed by atoms with Crippen molar-refractivity contribution < 1.29 is 0 Å². The largest absolute Gasteiger partial charge is 0.363 e. The van der Waals surface area contributed by atoms with Crippen molar-refractivity contribution >= 4 is 28.3 Å². The van der Waals surface area contributed by atoms with Crippen molar-refractivity contribution in [1.29, 1.82) is 0 Å². The van der Waals surface area contributed by atoms with Crippen LogP contribution in [0.3, 0.4) is 0 Å². The molecule has 0 saturated heterocycles. The zero-order valence-electron chi connectivity index (χ0n) is 10.7. The Hall–Kier alpha value is -2.08. The molecule has 19 heavy (non-hydrogen) atoms. The van der Waals surface area contributed by atoms with Crippen LogP contribution in [-0.2, 0) is 6.54 Å². The van der Waals surface area contributed by atoms with Crippen LogP contribution in [-0.4, -0.2) is 19.9 Å². The molecule has 0 unspecified atom stereocenters. The lowest BCUT2D eigenvalue weighted by molar-refractivity contribution is 1.05. The van der Waals surface area contributed by atoms with Crippen LogP contribution in [0.1, 0.15) is 15.6 Å². The van der Waals surface area contributed by atoms with Gasteiger partial charge in [-0.1, -0.05) is 0 Å². The Bertz CT molecular complexity index is 702. The molecule has 0 radical (unpaired) electrons. The Morgan fingerprint density at radius 3 is 2.74 bits per heavy atom. The van der Waals surface area contributed by atoms with Gasteiger partial charge >= 0.3 is 0 Å². The molecule has 3 aromatic rings. The molecule has 6 heteroatoms. The molecule has 0 aliphatic heterocycles. The average molecular weight is 271 g/mol. The first-order chi connectivity index (χ1) is 9.22. The van der Waals surface area contributed by atoms with E-state index < -0.39 is 0 Å². The summed E-state index contributed by atoms with van der Waals surface area (Å²) in [5.41, 5.74) is 2.55. The van der Waals surface area contributed by atoms with E-state index in [0.29, 0.717) is 12.2 Å². The van der Waals surface area contributed by atoms with Crippen molar-refractivity contribution in [3.63, 3.8) is 0 Å². The monoisotopic (exact) mass is 271 g/mol. The maximum absolute atomic E-state index is 4.49. The lowest BCUT2D eigenvalue weighted by atomic mass is 10.4. The van der Waals surface area contributed by atoms with Crippen molar-refractivity contribution in [3.8, 4) is 0 Å². The van der Waals surface area contributed by atoms with Gasteiger partial charge in [-0.2, -0.15) is 0 Å². The van der Waals surface area contributed by atoms with Gasteiger partial charge in [-0.25, -0.2) is 15.0 Å². The van der Waals surface area contributed by atoms with Crippen LogP contribution in [0.15, 0.2) is 24.5 Å². The molecule has 0 amide bonds. The Morgan fingerprint density at radius 2 is 1.95 bits per heavy atom. The Morgan fingerprint density at radius 1 is 1.11 bits per heavy atom. The maximum Gasteiger partial charge on any atom is 0.180 e. The normalized spacial score (nSPS) is 10.8. The van der Waals surface area contributed by atoms with Crippen molar-refractivity contribution in [1.82, 2.24) is 19.9 Å². The molecule has 96 valence electrons. The number of aryl methyl sites for hydroxylation is 2. The minimum Gasteiger partial charge on any atom is -0.363 e. The fraction of sp³-hybridized carbons (Fsp3) is 0.231. The van der Waals surface area contributed by atoms with E-state index in [1.54, 1.807) is 23.7 Å². The second-order valence-electron chi connectivity index (χ2n) is 4.20. The zero-order chi connectivity index (χ0) is 13.2. The summed E-state index contributed by atoms with van der Waals surface area (Å²) in [6.07, 6.45) is 3.31. The van der Waals surface area contributed by atoms with Gasteiger partial charge in [-0.15, -0.1) is 11.3 Å². The maximum atomic E-state index is 4.49. The van der Waals surface area contributed by atoms with Gasteiger partial charge in [0, 0.05) is 17.3 Å². The number of anilines is 1. The topological polar surface area (TPSA) is 63.6 Å². The molecule has 5 nitrogen and oxygen atoms in total. The summed E-state index contributed by atoms with van der Waals surface area (Å²) >= 11 is 1.71. The van der Waals surface area contributed by atoms with Crippen LogP contribution >= 0.6 is 11.3 Å². The highest BCUT2D eigenvalue weighted by Crippen LogP contribution is 2.18. The highest BCUT2D eigenvalue weighted by Gasteiger charge is 2.04. The van der Waals surface area contributed by atoms with Gasteiger partial charge in [-0.3, -0.25) is 4.98 Å². The van der Waals surface area contributed by atoms with E-state index in [1.165, 1.54) is 4.88 Å². The number of rotatable bonds is 3. The third-order valence-corrected chi connectivity index (χ3v) is 3.90. The molecule has 0 fully saturated rings. The summed E-state index contributed by atoms with van der Waals surface area (Å²) in [4.78, 5) is 18.5. The van der Waals surface area contributed by atoms with Gasteiger partial charge in [0.25, 0.3) is 0 Å². The van der Waals surface area contributed by atoms with E-state index in [0.717, 1.165) is 22.0 Å². The Kier molecular flexibility index (Phi) is 3.08. The summed E-state index contributed by atoms with van der Waals surface area (Å²) < 4.78 is 0. The molecular formula is C13H13N5S. The number of pyridine rings is 1. The van der Waals surface area contributed by atoms with Crippen LogP contribution in [0.4, 0.5) is 5.82 Å². The summed E-state index contributed by atoms with van der Waals surface area (Å²) in [5, 5.41) is 4.33. The molecule has 3 heterocycles. The molecule has 3 aromatic heterocycles. The predicted octanol–water partition coefficient (Wildman–Crippen LogP) is 2.71. The lowest BCUT2D eigenvalue weighted by Crippen LogP contribution is -2.01. The Balaban J connectivity index is 1.78. The second-order valence-corrected chi connectivity index (χ2v) is 5.49. The number of hydrogen-bond donors (Lipinski definition) is 1. The second kappa shape index (κ2) is 4.89. The van der Waals surface area contributed by atoms with Crippen LogP contribution in [0.2, 0.25) is 0 Å². The highest BCUT2D eigenvalue weighted by molar-refractivity contribution is 7.11. The third kappa shape index (κ3) is 2.53. The van der Waals surface area contributed by atoms with Gasteiger partial charge < -0.3 is 5.32 Å². The van der Waals surface area contributed by atoms with Crippen LogP contribution in [0, 0.1) is 13.8 Å². The van der Waals surface area contributed by atoms with Gasteiger partial charge in [0.1, 0.15) is 16.3 Å². The first-order valence-corrected chi connectivity index (χ1v) is 6.78.